The van der Waals surface area contributed by atoms with Crippen molar-refractivity contribution in [3.63, 3.8) is 0 Å². The third-order valence-corrected chi connectivity index (χ3v) is 9.39. The molecule has 1 atom stereocenters. The van der Waals surface area contributed by atoms with Gasteiger partial charge < -0.3 is 14.6 Å². The van der Waals surface area contributed by atoms with E-state index in [9.17, 15) is 14.7 Å². The molecule has 0 aliphatic carbocycles. The number of ether oxygens (including phenoxy) is 2. The Morgan fingerprint density at radius 2 is 0.768 bits per heavy atom. The average molecular weight is 777 g/mol. The van der Waals surface area contributed by atoms with E-state index < -0.39 is 6.10 Å². The summed E-state index contributed by atoms with van der Waals surface area (Å²) in [5.41, 5.74) is 0. The van der Waals surface area contributed by atoms with E-state index in [1.807, 2.05) is 0 Å². The summed E-state index contributed by atoms with van der Waals surface area (Å²) in [6.45, 7) is 3.96. The summed E-state index contributed by atoms with van der Waals surface area (Å²) >= 11 is 0. The van der Waals surface area contributed by atoms with Gasteiger partial charge in [-0.15, -0.1) is 0 Å². The van der Waals surface area contributed by atoms with Gasteiger partial charge in [0.05, 0.1) is 6.61 Å². The standard InChI is InChI=1S/C51H84O5/c1-3-5-7-9-11-12-13-14-15-16-17-18-19-20-21-22-23-24-25-26-27-28-29-30-31-32-33-34-35-36-37-38-40-42-44-46-51(54)56-49(47-52)48-55-50(53)45-43-41-39-10-8-6-4-2/h5,7,11-12,14-15,17-18,20-21,23-24,26-27,29-30,49,52H,3-4,6,8-10,13,16,19,22,25,28,31-48H2,1-2H3/b7-5-,12-11-,15-14-,18-17-,21-20-,24-23-,27-26-,30-29-. The summed E-state index contributed by atoms with van der Waals surface area (Å²) in [4.78, 5) is 24.1. The first kappa shape index (κ1) is 52.8. The molecule has 1 N–H and O–H groups in total. The topological polar surface area (TPSA) is 72.8 Å². The Bertz CT molecular complexity index is 1110. The van der Waals surface area contributed by atoms with Gasteiger partial charge in [-0.3, -0.25) is 9.59 Å². The molecule has 0 spiro atoms. The summed E-state index contributed by atoms with van der Waals surface area (Å²) in [6, 6.07) is 0. The van der Waals surface area contributed by atoms with Crippen molar-refractivity contribution >= 4 is 11.9 Å². The smallest absolute Gasteiger partial charge is 0.306 e. The van der Waals surface area contributed by atoms with E-state index in [2.05, 4.69) is 111 Å². The summed E-state index contributed by atoms with van der Waals surface area (Å²) < 4.78 is 10.5. The minimum atomic E-state index is -0.774. The molecule has 0 aromatic heterocycles. The maximum Gasteiger partial charge on any atom is 0.306 e. The molecule has 0 aliphatic rings. The van der Waals surface area contributed by atoms with Crippen LogP contribution in [0.1, 0.15) is 194 Å². The number of hydrogen-bond donors (Lipinski definition) is 1. The largest absolute Gasteiger partial charge is 0.462 e. The summed E-state index contributed by atoms with van der Waals surface area (Å²) in [5, 5.41) is 9.52. The van der Waals surface area contributed by atoms with Crippen molar-refractivity contribution in [3.8, 4) is 0 Å². The summed E-state index contributed by atoms with van der Waals surface area (Å²) in [7, 11) is 0. The summed E-state index contributed by atoms with van der Waals surface area (Å²) in [6.07, 6.45) is 65.1. The van der Waals surface area contributed by atoms with Gasteiger partial charge in [0.25, 0.3) is 0 Å². The number of hydrogen-bond acceptors (Lipinski definition) is 5. The molecule has 0 bridgehead atoms. The van der Waals surface area contributed by atoms with Crippen molar-refractivity contribution in [1.82, 2.24) is 0 Å². The Balaban J connectivity index is 3.56. The second-order valence-corrected chi connectivity index (χ2v) is 14.8. The van der Waals surface area contributed by atoms with Gasteiger partial charge in [-0.1, -0.05) is 201 Å². The molecular weight excluding hydrogens is 693 g/mol. The van der Waals surface area contributed by atoms with Gasteiger partial charge in [-0.05, 0) is 77.0 Å². The van der Waals surface area contributed by atoms with Gasteiger partial charge in [0.2, 0.25) is 0 Å². The quantitative estimate of drug-likeness (QED) is 0.0381. The number of aliphatic hydroxyl groups is 1. The van der Waals surface area contributed by atoms with Crippen molar-refractivity contribution < 1.29 is 24.2 Å². The van der Waals surface area contributed by atoms with Crippen LogP contribution in [0, 0.1) is 0 Å². The van der Waals surface area contributed by atoms with Crippen molar-refractivity contribution in [3.05, 3.63) is 97.2 Å². The predicted octanol–water partition coefficient (Wildman–Crippen LogP) is 14.8. The third-order valence-electron chi connectivity index (χ3n) is 9.39. The second kappa shape index (κ2) is 46.2. The molecule has 0 saturated heterocycles. The van der Waals surface area contributed by atoms with E-state index in [0.717, 1.165) is 89.9 Å². The highest BCUT2D eigenvalue weighted by molar-refractivity contribution is 5.70. The van der Waals surface area contributed by atoms with Crippen LogP contribution in [-0.4, -0.2) is 36.4 Å². The Hall–Kier alpha value is -3.18. The van der Waals surface area contributed by atoms with Gasteiger partial charge in [-0.2, -0.15) is 0 Å². The van der Waals surface area contributed by atoms with E-state index in [0.29, 0.717) is 12.8 Å². The number of rotatable bonds is 40. The van der Waals surface area contributed by atoms with Crippen molar-refractivity contribution in [2.45, 2.75) is 200 Å². The van der Waals surface area contributed by atoms with Gasteiger partial charge >= 0.3 is 11.9 Å². The lowest BCUT2D eigenvalue weighted by Gasteiger charge is -2.15. The van der Waals surface area contributed by atoms with Crippen LogP contribution >= 0.6 is 0 Å². The van der Waals surface area contributed by atoms with Crippen molar-refractivity contribution in [2.24, 2.45) is 0 Å². The molecule has 0 heterocycles. The molecular formula is C51H84O5. The third kappa shape index (κ3) is 43.5. The summed E-state index contributed by atoms with van der Waals surface area (Å²) in [5.74, 6) is -0.608. The van der Waals surface area contributed by atoms with Gasteiger partial charge in [0, 0.05) is 12.8 Å². The molecule has 318 valence electrons. The first-order valence-corrected chi connectivity index (χ1v) is 22.8. The Morgan fingerprint density at radius 3 is 1.16 bits per heavy atom. The minimum Gasteiger partial charge on any atom is -0.462 e. The molecule has 1 unspecified atom stereocenters. The fraction of sp³-hybridized carbons (Fsp3) is 0.647. The lowest BCUT2D eigenvalue weighted by Crippen LogP contribution is -2.28. The van der Waals surface area contributed by atoms with Gasteiger partial charge in [-0.25, -0.2) is 0 Å². The number of aliphatic hydroxyl groups excluding tert-OH is 1. The van der Waals surface area contributed by atoms with E-state index in [1.54, 1.807) is 0 Å². The molecule has 0 aromatic rings. The lowest BCUT2D eigenvalue weighted by molar-refractivity contribution is -0.161. The van der Waals surface area contributed by atoms with E-state index in [-0.39, 0.29) is 25.2 Å². The minimum absolute atomic E-state index is 0.0707. The second-order valence-electron chi connectivity index (χ2n) is 14.8. The molecule has 0 amide bonds. The van der Waals surface area contributed by atoms with Gasteiger partial charge in [0.1, 0.15) is 6.61 Å². The molecule has 0 fully saturated rings. The number of allylic oxidation sites excluding steroid dienone is 16. The van der Waals surface area contributed by atoms with Crippen molar-refractivity contribution in [2.75, 3.05) is 13.2 Å². The lowest BCUT2D eigenvalue weighted by atomic mass is 10.0. The molecule has 0 radical (unpaired) electrons. The van der Waals surface area contributed by atoms with Crippen LogP contribution in [0.5, 0.6) is 0 Å². The highest BCUT2D eigenvalue weighted by Crippen LogP contribution is 2.13. The van der Waals surface area contributed by atoms with E-state index in [4.69, 9.17) is 9.47 Å². The zero-order chi connectivity index (χ0) is 40.7. The molecule has 0 aliphatic heterocycles. The number of esters is 2. The zero-order valence-electron chi connectivity index (χ0n) is 36.1. The molecule has 0 aromatic carbocycles. The highest BCUT2D eigenvalue weighted by Gasteiger charge is 2.16. The molecule has 5 nitrogen and oxygen atoms in total. The molecule has 0 rings (SSSR count). The highest BCUT2D eigenvalue weighted by atomic mass is 16.6. The molecule has 0 saturated carbocycles. The van der Waals surface area contributed by atoms with Crippen LogP contribution in [0.25, 0.3) is 0 Å². The predicted molar refractivity (Wildman–Crippen MR) is 242 cm³/mol. The number of carbonyl (C=O) groups is 2. The Labute approximate surface area is 345 Å². The fourth-order valence-corrected chi connectivity index (χ4v) is 5.98. The normalized spacial score (nSPS) is 13.1. The zero-order valence-corrected chi connectivity index (χ0v) is 36.1. The van der Waals surface area contributed by atoms with Crippen molar-refractivity contribution in [1.29, 1.82) is 0 Å². The SMILES string of the molecule is CC/C=C\C/C=C\C/C=C\C/C=C\C/C=C\C/C=C\C/C=C\C/C=C\CCCCCCCCCCCCC(=O)OC(CO)COC(=O)CCCCCCCCC. The monoisotopic (exact) mass is 777 g/mol. The van der Waals surface area contributed by atoms with E-state index >= 15 is 0 Å². The van der Waals surface area contributed by atoms with Gasteiger partial charge in [0.15, 0.2) is 6.10 Å². The van der Waals surface area contributed by atoms with Crippen LogP contribution in [0.2, 0.25) is 0 Å². The Kier molecular flexibility index (Phi) is 43.6. The maximum absolute atomic E-state index is 12.2. The van der Waals surface area contributed by atoms with Crippen LogP contribution in [0.3, 0.4) is 0 Å². The average Bonchev–Trinajstić information content (AvgIpc) is 3.20. The van der Waals surface area contributed by atoms with E-state index in [1.165, 1.54) is 77.0 Å². The van der Waals surface area contributed by atoms with Crippen LogP contribution in [-0.2, 0) is 19.1 Å². The van der Waals surface area contributed by atoms with Crippen LogP contribution in [0.15, 0.2) is 97.2 Å². The van der Waals surface area contributed by atoms with Crippen LogP contribution < -0.4 is 0 Å². The first-order chi connectivity index (χ1) is 27.6. The fourth-order valence-electron chi connectivity index (χ4n) is 5.98. The molecule has 5 heteroatoms. The number of carbonyl (C=O) groups excluding carboxylic acids is 2. The molecule has 56 heavy (non-hydrogen) atoms. The van der Waals surface area contributed by atoms with Crippen LogP contribution in [0.4, 0.5) is 0 Å². The number of unbranched alkanes of at least 4 members (excludes halogenated alkanes) is 16. The first-order valence-electron chi connectivity index (χ1n) is 22.8. The maximum atomic E-state index is 12.2. The Morgan fingerprint density at radius 1 is 0.429 bits per heavy atom.